The minimum absolute atomic E-state index is 0.0930. The molecule has 1 aromatic rings. The summed E-state index contributed by atoms with van der Waals surface area (Å²) >= 11 is 3.41. The molecule has 0 aliphatic carbocycles. The number of rotatable bonds is 7. The Bertz CT molecular complexity index is 473. The number of carbonyl (C=O) groups excluding carboxylic acids is 1. The molecule has 0 radical (unpaired) electrons. The largest absolute Gasteiger partial charge is 0.326 e. The molecule has 1 amide bonds. The Morgan fingerprint density at radius 2 is 2.14 bits per heavy atom. The third-order valence-corrected chi connectivity index (χ3v) is 4.77. The molecule has 22 heavy (non-hydrogen) atoms. The van der Waals surface area contributed by atoms with Gasteiger partial charge in [0.2, 0.25) is 5.91 Å². The summed E-state index contributed by atoms with van der Waals surface area (Å²) in [6.07, 6.45) is 4.35. The lowest BCUT2D eigenvalue weighted by Gasteiger charge is -2.31. The predicted octanol–water partition coefficient (Wildman–Crippen LogP) is 3.10. The Morgan fingerprint density at radius 3 is 2.82 bits per heavy atom. The molecule has 1 aliphatic heterocycles. The smallest absolute Gasteiger partial charge is 0.225 e. The van der Waals surface area contributed by atoms with E-state index >= 15 is 0 Å². The van der Waals surface area contributed by atoms with Crippen LogP contribution in [0.4, 0.5) is 5.69 Å². The average molecular weight is 368 g/mol. The highest BCUT2D eigenvalue weighted by Crippen LogP contribution is 2.20. The molecule has 0 atom stereocenters. The monoisotopic (exact) mass is 367 g/mol. The molecule has 1 heterocycles. The standard InChI is InChI=1S/C17H26BrN3O/c1-19-9-5-14-6-10-21(11-7-14)12-8-17(22)20-16-4-2-3-15(18)13-16/h2-4,13-14,19H,5-12H2,1H3,(H,20,22). The van der Waals surface area contributed by atoms with Crippen LogP contribution in [-0.2, 0) is 4.79 Å². The Kier molecular flexibility index (Phi) is 7.36. The summed E-state index contributed by atoms with van der Waals surface area (Å²) in [6, 6.07) is 7.71. The van der Waals surface area contributed by atoms with Crippen LogP contribution < -0.4 is 10.6 Å². The van der Waals surface area contributed by atoms with Crippen molar-refractivity contribution in [3.8, 4) is 0 Å². The van der Waals surface area contributed by atoms with Crippen LogP contribution in [0.15, 0.2) is 28.7 Å². The fourth-order valence-electron chi connectivity index (χ4n) is 2.90. The third-order valence-electron chi connectivity index (χ3n) is 4.27. The molecular weight excluding hydrogens is 342 g/mol. The lowest BCUT2D eigenvalue weighted by atomic mass is 9.93. The highest BCUT2D eigenvalue weighted by Gasteiger charge is 2.19. The maximum Gasteiger partial charge on any atom is 0.225 e. The normalized spacial score (nSPS) is 16.6. The van der Waals surface area contributed by atoms with Gasteiger partial charge in [0.05, 0.1) is 0 Å². The molecule has 1 fully saturated rings. The van der Waals surface area contributed by atoms with Gasteiger partial charge in [-0.3, -0.25) is 4.79 Å². The zero-order valence-electron chi connectivity index (χ0n) is 13.3. The third kappa shape index (κ3) is 6.07. The van der Waals surface area contributed by atoms with Crippen LogP contribution in [0.3, 0.4) is 0 Å². The maximum atomic E-state index is 12.0. The highest BCUT2D eigenvalue weighted by molar-refractivity contribution is 9.10. The van der Waals surface area contributed by atoms with Gasteiger partial charge in [-0.05, 0) is 70.1 Å². The van der Waals surface area contributed by atoms with Crippen molar-refractivity contribution in [2.24, 2.45) is 5.92 Å². The Hall–Kier alpha value is -0.910. The number of benzene rings is 1. The zero-order chi connectivity index (χ0) is 15.8. The number of piperidine rings is 1. The quantitative estimate of drug-likeness (QED) is 0.778. The molecule has 2 rings (SSSR count). The summed E-state index contributed by atoms with van der Waals surface area (Å²) < 4.78 is 0.981. The van der Waals surface area contributed by atoms with Gasteiger partial charge in [-0.1, -0.05) is 22.0 Å². The van der Waals surface area contributed by atoms with E-state index in [1.165, 1.54) is 19.3 Å². The number of hydrogen-bond acceptors (Lipinski definition) is 3. The molecule has 1 aromatic carbocycles. The lowest BCUT2D eigenvalue weighted by molar-refractivity contribution is -0.116. The van der Waals surface area contributed by atoms with Crippen molar-refractivity contribution >= 4 is 27.5 Å². The van der Waals surface area contributed by atoms with E-state index in [-0.39, 0.29) is 5.91 Å². The fourth-order valence-corrected chi connectivity index (χ4v) is 3.30. The highest BCUT2D eigenvalue weighted by atomic mass is 79.9. The summed E-state index contributed by atoms with van der Waals surface area (Å²) in [5, 5.41) is 6.18. The van der Waals surface area contributed by atoms with Gasteiger partial charge >= 0.3 is 0 Å². The molecule has 0 bridgehead atoms. The van der Waals surface area contributed by atoms with Crippen molar-refractivity contribution in [3.63, 3.8) is 0 Å². The number of amides is 1. The van der Waals surface area contributed by atoms with Crippen LogP contribution in [-0.4, -0.2) is 44.0 Å². The number of hydrogen-bond donors (Lipinski definition) is 2. The molecule has 4 nitrogen and oxygen atoms in total. The van der Waals surface area contributed by atoms with Gasteiger partial charge in [-0.2, -0.15) is 0 Å². The van der Waals surface area contributed by atoms with Gasteiger partial charge in [0.15, 0.2) is 0 Å². The number of halogens is 1. The van der Waals surface area contributed by atoms with Gasteiger partial charge in [0.25, 0.3) is 0 Å². The first-order chi connectivity index (χ1) is 10.7. The summed E-state index contributed by atoms with van der Waals surface area (Å²) in [5.74, 6) is 0.939. The predicted molar refractivity (Wildman–Crippen MR) is 95.1 cm³/mol. The van der Waals surface area contributed by atoms with Crippen LogP contribution in [0.25, 0.3) is 0 Å². The molecule has 2 N–H and O–H groups in total. The van der Waals surface area contributed by atoms with Crippen molar-refractivity contribution in [2.45, 2.75) is 25.7 Å². The van der Waals surface area contributed by atoms with E-state index < -0.39 is 0 Å². The van der Waals surface area contributed by atoms with Crippen LogP contribution in [0.1, 0.15) is 25.7 Å². The van der Waals surface area contributed by atoms with Crippen LogP contribution in [0.2, 0.25) is 0 Å². The van der Waals surface area contributed by atoms with E-state index in [2.05, 4.69) is 31.5 Å². The summed E-state index contributed by atoms with van der Waals surface area (Å²) in [6.45, 7) is 4.22. The number of carbonyl (C=O) groups is 1. The summed E-state index contributed by atoms with van der Waals surface area (Å²) in [5.41, 5.74) is 0.852. The first-order valence-corrected chi connectivity index (χ1v) is 8.89. The second-order valence-electron chi connectivity index (χ2n) is 5.99. The van der Waals surface area contributed by atoms with Gasteiger partial charge < -0.3 is 15.5 Å². The van der Waals surface area contributed by atoms with Crippen molar-refractivity contribution in [3.05, 3.63) is 28.7 Å². The molecule has 0 saturated carbocycles. The number of likely N-dealkylation sites (tertiary alicyclic amines) is 1. The molecule has 1 saturated heterocycles. The Morgan fingerprint density at radius 1 is 1.36 bits per heavy atom. The van der Waals surface area contributed by atoms with Gasteiger partial charge in [-0.25, -0.2) is 0 Å². The van der Waals surface area contributed by atoms with Crippen LogP contribution in [0.5, 0.6) is 0 Å². The second-order valence-corrected chi connectivity index (χ2v) is 6.90. The maximum absolute atomic E-state index is 12.0. The van der Waals surface area contributed by atoms with E-state index in [0.717, 1.165) is 42.3 Å². The molecule has 5 heteroatoms. The van der Waals surface area contributed by atoms with Gasteiger partial charge in [0.1, 0.15) is 0 Å². The molecule has 0 spiro atoms. The first kappa shape index (κ1) is 17.4. The van der Waals surface area contributed by atoms with E-state index in [4.69, 9.17) is 0 Å². The van der Waals surface area contributed by atoms with Gasteiger partial charge in [-0.15, -0.1) is 0 Å². The first-order valence-electron chi connectivity index (χ1n) is 8.10. The minimum Gasteiger partial charge on any atom is -0.326 e. The van der Waals surface area contributed by atoms with Crippen molar-refractivity contribution in [2.75, 3.05) is 38.5 Å². The summed E-state index contributed by atoms with van der Waals surface area (Å²) in [4.78, 5) is 14.4. The van der Waals surface area contributed by atoms with Crippen molar-refractivity contribution in [1.29, 1.82) is 0 Å². The molecule has 0 aromatic heterocycles. The lowest BCUT2D eigenvalue weighted by Crippen LogP contribution is -2.36. The minimum atomic E-state index is 0.0930. The van der Waals surface area contributed by atoms with E-state index in [1.807, 2.05) is 31.3 Å². The number of anilines is 1. The van der Waals surface area contributed by atoms with Crippen LogP contribution >= 0.6 is 15.9 Å². The van der Waals surface area contributed by atoms with Gasteiger partial charge in [0, 0.05) is 23.1 Å². The molecule has 1 aliphatic rings. The molecule has 0 unspecified atom stereocenters. The van der Waals surface area contributed by atoms with Crippen LogP contribution in [0, 0.1) is 5.92 Å². The zero-order valence-corrected chi connectivity index (χ0v) is 14.9. The molecular formula is C17H26BrN3O. The topological polar surface area (TPSA) is 44.4 Å². The molecule has 122 valence electrons. The average Bonchev–Trinajstić information content (AvgIpc) is 2.52. The number of nitrogens with one attached hydrogen (secondary N) is 2. The van der Waals surface area contributed by atoms with E-state index in [9.17, 15) is 4.79 Å². The second kappa shape index (κ2) is 9.28. The number of nitrogens with zero attached hydrogens (tertiary/aromatic N) is 1. The summed E-state index contributed by atoms with van der Waals surface area (Å²) in [7, 11) is 2.01. The SMILES string of the molecule is CNCCC1CCN(CCC(=O)Nc2cccc(Br)c2)CC1. The van der Waals surface area contributed by atoms with E-state index in [1.54, 1.807) is 0 Å². The van der Waals surface area contributed by atoms with Crippen molar-refractivity contribution in [1.82, 2.24) is 10.2 Å². The van der Waals surface area contributed by atoms with Crippen molar-refractivity contribution < 1.29 is 4.79 Å². The Balaban J connectivity index is 1.65. The Labute approximate surface area is 141 Å². The fraction of sp³-hybridized carbons (Fsp3) is 0.588. The van der Waals surface area contributed by atoms with E-state index in [0.29, 0.717) is 6.42 Å².